The van der Waals surface area contributed by atoms with Crippen LogP contribution in [0, 0.1) is 5.41 Å². The Hall–Kier alpha value is -0.570. The van der Waals surface area contributed by atoms with Crippen molar-refractivity contribution in [1.29, 1.82) is 0 Å². The first-order valence-electron chi connectivity index (χ1n) is 6.63. The van der Waals surface area contributed by atoms with E-state index in [4.69, 9.17) is 16.3 Å². The molecule has 1 aliphatic rings. The van der Waals surface area contributed by atoms with Crippen molar-refractivity contribution < 1.29 is 4.74 Å². The number of hydrogen-bond donors (Lipinski definition) is 1. The van der Waals surface area contributed by atoms with Crippen LogP contribution in [0.4, 0.5) is 0 Å². The molecule has 1 aliphatic carbocycles. The largest absolute Gasteiger partial charge is 0.378 e. The van der Waals surface area contributed by atoms with Gasteiger partial charge in [0.1, 0.15) is 0 Å². The predicted octanol–water partition coefficient (Wildman–Crippen LogP) is 3.63. The third kappa shape index (κ3) is 2.87. The smallest absolute Gasteiger partial charge is 0.0655 e. The highest BCUT2D eigenvalue weighted by atomic mass is 35.5. The summed E-state index contributed by atoms with van der Waals surface area (Å²) in [5.41, 5.74) is 1.50. The first kappa shape index (κ1) is 13.9. The molecule has 1 aromatic carbocycles. The van der Waals surface area contributed by atoms with Crippen LogP contribution in [0.15, 0.2) is 24.3 Å². The van der Waals surface area contributed by atoms with E-state index in [1.54, 1.807) is 0 Å². The van der Waals surface area contributed by atoms with Crippen molar-refractivity contribution in [3.8, 4) is 0 Å². The van der Waals surface area contributed by atoms with Crippen molar-refractivity contribution in [1.82, 2.24) is 5.32 Å². The van der Waals surface area contributed by atoms with Crippen LogP contribution in [0.25, 0.3) is 0 Å². The average Bonchev–Trinajstić information content (AvgIpc) is 2.35. The normalized spacial score (nSPS) is 25.8. The van der Waals surface area contributed by atoms with Crippen LogP contribution in [0.1, 0.15) is 32.8 Å². The van der Waals surface area contributed by atoms with Crippen molar-refractivity contribution in [3.63, 3.8) is 0 Å². The molecular formula is C15H22ClNO. The van der Waals surface area contributed by atoms with Gasteiger partial charge < -0.3 is 10.1 Å². The van der Waals surface area contributed by atoms with Gasteiger partial charge in [-0.05, 0) is 31.0 Å². The Bertz CT molecular complexity index is 388. The summed E-state index contributed by atoms with van der Waals surface area (Å²) in [6.07, 6.45) is 1.50. The molecule has 0 radical (unpaired) electrons. The minimum Gasteiger partial charge on any atom is -0.378 e. The average molecular weight is 268 g/mol. The van der Waals surface area contributed by atoms with E-state index in [1.807, 2.05) is 12.1 Å². The van der Waals surface area contributed by atoms with E-state index in [9.17, 15) is 0 Å². The molecule has 0 saturated heterocycles. The van der Waals surface area contributed by atoms with Crippen molar-refractivity contribution in [2.75, 3.05) is 6.61 Å². The van der Waals surface area contributed by atoms with Crippen LogP contribution in [0.2, 0.25) is 5.02 Å². The lowest BCUT2D eigenvalue weighted by molar-refractivity contribution is -0.114. The molecule has 2 unspecified atom stereocenters. The summed E-state index contributed by atoms with van der Waals surface area (Å²) in [5, 5.41) is 4.40. The van der Waals surface area contributed by atoms with Gasteiger partial charge in [-0.3, -0.25) is 0 Å². The van der Waals surface area contributed by atoms with Gasteiger partial charge in [0.15, 0.2) is 0 Å². The van der Waals surface area contributed by atoms with Gasteiger partial charge in [-0.15, -0.1) is 0 Å². The fourth-order valence-electron chi connectivity index (χ4n) is 2.56. The summed E-state index contributed by atoms with van der Waals surface area (Å²) >= 11 is 5.88. The minimum absolute atomic E-state index is 0.225. The summed E-state index contributed by atoms with van der Waals surface area (Å²) in [7, 11) is 0. The van der Waals surface area contributed by atoms with Crippen LogP contribution in [-0.4, -0.2) is 18.8 Å². The third-order valence-electron chi connectivity index (χ3n) is 4.01. The monoisotopic (exact) mass is 267 g/mol. The standard InChI is InChI=1S/C15H22ClNO/c1-4-18-14-9-13(15(14,2)3)17-10-11-5-7-12(16)8-6-11/h5-8,13-14,17H,4,9-10H2,1-3H3. The molecule has 100 valence electrons. The van der Waals surface area contributed by atoms with Gasteiger partial charge in [0.25, 0.3) is 0 Å². The number of benzene rings is 1. The maximum atomic E-state index is 5.88. The molecule has 1 aromatic rings. The van der Waals surface area contributed by atoms with E-state index in [2.05, 4.69) is 38.2 Å². The molecule has 0 aromatic heterocycles. The lowest BCUT2D eigenvalue weighted by atomic mass is 9.64. The van der Waals surface area contributed by atoms with Gasteiger partial charge in [-0.2, -0.15) is 0 Å². The van der Waals surface area contributed by atoms with Gasteiger partial charge in [0.05, 0.1) is 6.10 Å². The van der Waals surface area contributed by atoms with E-state index in [-0.39, 0.29) is 5.41 Å². The van der Waals surface area contributed by atoms with E-state index < -0.39 is 0 Å². The van der Waals surface area contributed by atoms with Gasteiger partial charge in [0, 0.05) is 29.6 Å². The van der Waals surface area contributed by atoms with Crippen molar-refractivity contribution in [3.05, 3.63) is 34.9 Å². The first-order chi connectivity index (χ1) is 8.54. The maximum Gasteiger partial charge on any atom is 0.0655 e. The predicted molar refractivity (Wildman–Crippen MR) is 75.9 cm³/mol. The number of rotatable bonds is 5. The van der Waals surface area contributed by atoms with Gasteiger partial charge >= 0.3 is 0 Å². The molecule has 0 amide bonds. The van der Waals surface area contributed by atoms with Crippen LogP contribution < -0.4 is 5.32 Å². The number of nitrogens with one attached hydrogen (secondary N) is 1. The second-order valence-electron chi connectivity index (χ2n) is 5.56. The molecule has 1 fully saturated rings. The van der Waals surface area contributed by atoms with E-state index in [1.165, 1.54) is 5.56 Å². The Labute approximate surface area is 115 Å². The van der Waals surface area contributed by atoms with Crippen LogP contribution in [0.5, 0.6) is 0 Å². The number of hydrogen-bond acceptors (Lipinski definition) is 2. The van der Waals surface area contributed by atoms with Gasteiger partial charge in [-0.25, -0.2) is 0 Å². The Balaban J connectivity index is 1.83. The minimum atomic E-state index is 0.225. The second kappa shape index (κ2) is 5.60. The highest BCUT2D eigenvalue weighted by Crippen LogP contribution is 2.42. The summed E-state index contributed by atoms with van der Waals surface area (Å²) in [6.45, 7) is 8.30. The molecule has 0 spiro atoms. The lowest BCUT2D eigenvalue weighted by Gasteiger charge is -2.52. The van der Waals surface area contributed by atoms with Crippen molar-refractivity contribution >= 4 is 11.6 Å². The zero-order valence-corrected chi connectivity index (χ0v) is 12.1. The Morgan fingerprint density at radius 3 is 2.56 bits per heavy atom. The summed E-state index contributed by atoms with van der Waals surface area (Å²) in [5.74, 6) is 0. The quantitative estimate of drug-likeness (QED) is 0.880. The van der Waals surface area contributed by atoms with Crippen LogP contribution in [-0.2, 0) is 11.3 Å². The second-order valence-corrected chi connectivity index (χ2v) is 6.00. The Morgan fingerprint density at radius 1 is 1.33 bits per heavy atom. The Kier molecular flexibility index (Phi) is 4.31. The maximum absolute atomic E-state index is 5.88. The summed E-state index contributed by atoms with van der Waals surface area (Å²) in [4.78, 5) is 0. The van der Waals surface area contributed by atoms with E-state index in [0.29, 0.717) is 12.1 Å². The molecule has 18 heavy (non-hydrogen) atoms. The molecule has 2 nitrogen and oxygen atoms in total. The molecule has 3 heteroatoms. The summed E-state index contributed by atoms with van der Waals surface area (Å²) in [6, 6.07) is 8.55. The topological polar surface area (TPSA) is 21.3 Å². The molecular weight excluding hydrogens is 246 g/mol. The Morgan fingerprint density at radius 2 is 2.00 bits per heavy atom. The van der Waals surface area contributed by atoms with E-state index >= 15 is 0 Å². The highest BCUT2D eigenvalue weighted by Gasteiger charge is 2.48. The van der Waals surface area contributed by atoms with Gasteiger partial charge in [-0.1, -0.05) is 37.6 Å². The molecule has 0 heterocycles. The molecule has 0 bridgehead atoms. The zero-order valence-electron chi connectivity index (χ0n) is 11.4. The van der Waals surface area contributed by atoms with Crippen molar-refractivity contribution in [2.45, 2.75) is 45.9 Å². The molecule has 1 N–H and O–H groups in total. The molecule has 1 saturated carbocycles. The molecule has 2 atom stereocenters. The van der Waals surface area contributed by atoms with Crippen LogP contribution in [0.3, 0.4) is 0 Å². The molecule has 2 rings (SSSR count). The van der Waals surface area contributed by atoms with Crippen molar-refractivity contribution in [2.24, 2.45) is 5.41 Å². The van der Waals surface area contributed by atoms with E-state index in [0.717, 1.165) is 24.6 Å². The zero-order chi connectivity index (χ0) is 13.2. The van der Waals surface area contributed by atoms with Gasteiger partial charge in [0.2, 0.25) is 0 Å². The fraction of sp³-hybridized carbons (Fsp3) is 0.600. The third-order valence-corrected chi connectivity index (χ3v) is 4.26. The SMILES string of the molecule is CCOC1CC(NCc2ccc(Cl)cc2)C1(C)C. The highest BCUT2D eigenvalue weighted by molar-refractivity contribution is 6.30. The molecule has 0 aliphatic heterocycles. The first-order valence-corrected chi connectivity index (χ1v) is 7.01. The lowest BCUT2D eigenvalue weighted by Crippen LogP contribution is -2.60. The summed E-state index contributed by atoms with van der Waals surface area (Å²) < 4.78 is 5.73. The van der Waals surface area contributed by atoms with Crippen LogP contribution >= 0.6 is 11.6 Å². The fourth-order valence-corrected chi connectivity index (χ4v) is 2.69. The number of ether oxygens (including phenoxy) is 1. The number of halogens is 1.